The van der Waals surface area contributed by atoms with E-state index in [0.717, 1.165) is 66.1 Å². The molecule has 0 bridgehead atoms. The Kier molecular flexibility index (Phi) is 4.57. The minimum absolute atomic E-state index is 0.601. The molecular formula is C46H23N3O2. The lowest BCUT2D eigenvalue weighted by Gasteiger charge is -2.13. The standard InChI is InChI=1S/C46H23N3O2/c1-2-11-26-25(9-1)23-32(28-13-4-3-12-27(26)28)44-45-43(31-14-5-6-18-35(31)51-45)47-46(48-44)49-33-17-8-16-30-29-15-7-10-24-19-21-36-41(38(24)29)42-37(50-36)22-20-34(49)40(42)39(30)33/h1-23H. The summed E-state index contributed by atoms with van der Waals surface area (Å²) in [6, 6.07) is 49.3. The van der Waals surface area contributed by atoms with Gasteiger partial charge in [-0.1, -0.05) is 97.1 Å². The fourth-order valence-electron chi connectivity index (χ4n) is 9.05. The van der Waals surface area contributed by atoms with Gasteiger partial charge in [-0.15, -0.1) is 0 Å². The molecule has 0 unspecified atom stereocenters. The molecule has 234 valence electrons. The molecule has 12 aromatic rings. The van der Waals surface area contributed by atoms with E-state index in [1.54, 1.807) is 0 Å². The molecule has 8 aromatic carbocycles. The molecule has 0 N–H and O–H groups in total. The van der Waals surface area contributed by atoms with Gasteiger partial charge in [0, 0.05) is 37.9 Å². The Morgan fingerprint density at radius 3 is 2.00 bits per heavy atom. The minimum atomic E-state index is 0.601. The topological polar surface area (TPSA) is 57.0 Å². The number of hydrogen-bond donors (Lipinski definition) is 0. The van der Waals surface area contributed by atoms with E-state index >= 15 is 0 Å². The quantitative estimate of drug-likeness (QED) is 0.175. The molecule has 5 heteroatoms. The van der Waals surface area contributed by atoms with Crippen LogP contribution in [-0.2, 0) is 0 Å². The Morgan fingerprint density at radius 1 is 0.412 bits per heavy atom. The predicted molar refractivity (Wildman–Crippen MR) is 208 cm³/mol. The van der Waals surface area contributed by atoms with E-state index in [1.807, 2.05) is 18.2 Å². The highest BCUT2D eigenvalue weighted by Gasteiger charge is 2.28. The van der Waals surface area contributed by atoms with Crippen molar-refractivity contribution in [3.05, 3.63) is 140 Å². The van der Waals surface area contributed by atoms with Crippen LogP contribution in [0.5, 0.6) is 0 Å². The molecule has 13 rings (SSSR count). The first-order valence-electron chi connectivity index (χ1n) is 17.3. The second-order valence-electron chi connectivity index (χ2n) is 13.7. The van der Waals surface area contributed by atoms with E-state index in [9.17, 15) is 0 Å². The predicted octanol–water partition coefficient (Wildman–Crippen LogP) is 12.5. The Balaban J connectivity index is 1.23. The number of benzene rings is 8. The maximum Gasteiger partial charge on any atom is 0.236 e. The molecule has 5 nitrogen and oxygen atoms in total. The van der Waals surface area contributed by atoms with Gasteiger partial charge in [0.15, 0.2) is 5.58 Å². The van der Waals surface area contributed by atoms with Crippen molar-refractivity contribution in [2.24, 2.45) is 0 Å². The molecule has 1 aliphatic rings. The van der Waals surface area contributed by atoms with Gasteiger partial charge < -0.3 is 8.83 Å². The molecule has 4 heterocycles. The van der Waals surface area contributed by atoms with Gasteiger partial charge in [-0.2, -0.15) is 0 Å². The van der Waals surface area contributed by atoms with Crippen molar-refractivity contribution in [2.75, 3.05) is 0 Å². The van der Waals surface area contributed by atoms with Crippen LogP contribution in [0.3, 0.4) is 0 Å². The number of rotatable bonds is 2. The van der Waals surface area contributed by atoms with Gasteiger partial charge in [-0.05, 0) is 80.5 Å². The number of nitrogens with zero attached hydrogens (tertiary/aromatic N) is 3. The van der Waals surface area contributed by atoms with Gasteiger partial charge >= 0.3 is 0 Å². The van der Waals surface area contributed by atoms with E-state index in [1.165, 1.54) is 48.8 Å². The van der Waals surface area contributed by atoms with Crippen molar-refractivity contribution >= 4 is 98.1 Å². The SMILES string of the molecule is c1ccc2c(c1)cc(-c1nc(-n3c4cccc5c4c4c6c(ccc43)oc3ccc4cccc-5c4c36)nc3c1oc1ccccc13)c1ccccc12. The van der Waals surface area contributed by atoms with E-state index in [4.69, 9.17) is 18.8 Å². The Hall–Kier alpha value is -6.98. The van der Waals surface area contributed by atoms with Crippen LogP contribution >= 0.6 is 0 Å². The number of para-hydroxylation sites is 1. The molecule has 0 aliphatic heterocycles. The molecule has 0 amide bonds. The van der Waals surface area contributed by atoms with Gasteiger partial charge in [0.25, 0.3) is 0 Å². The van der Waals surface area contributed by atoms with Crippen molar-refractivity contribution < 1.29 is 8.83 Å². The zero-order valence-corrected chi connectivity index (χ0v) is 26.9. The smallest absolute Gasteiger partial charge is 0.236 e. The van der Waals surface area contributed by atoms with Crippen LogP contribution in [0.2, 0.25) is 0 Å². The van der Waals surface area contributed by atoms with E-state index < -0.39 is 0 Å². The summed E-state index contributed by atoms with van der Waals surface area (Å²) in [6.45, 7) is 0. The highest BCUT2D eigenvalue weighted by atomic mass is 16.3. The van der Waals surface area contributed by atoms with Gasteiger partial charge in [0.1, 0.15) is 28.0 Å². The van der Waals surface area contributed by atoms with Crippen LogP contribution < -0.4 is 0 Å². The first kappa shape index (κ1) is 26.0. The molecule has 0 saturated carbocycles. The third kappa shape index (κ3) is 3.13. The maximum absolute atomic E-state index is 6.65. The summed E-state index contributed by atoms with van der Waals surface area (Å²) in [6.07, 6.45) is 0. The van der Waals surface area contributed by atoms with Crippen LogP contribution in [0.4, 0.5) is 0 Å². The Morgan fingerprint density at radius 2 is 1.10 bits per heavy atom. The molecule has 1 aliphatic carbocycles. The molecule has 51 heavy (non-hydrogen) atoms. The van der Waals surface area contributed by atoms with Crippen LogP contribution in [0.1, 0.15) is 0 Å². The first-order valence-corrected chi connectivity index (χ1v) is 17.3. The summed E-state index contributed by atoms with van der Waals surface area (Å²) in [4.78, 5) is 10.9. The number of hydrogen-bond acceptors (Lipinski definition) is 4. The second kappa shape index (κ2) is 8.97. The Labute approximate surface area is 288 Å². The largest absolute Gasteiger partial charge is 0.456 e. The fraction of sp³-hybridized carbons (Fsp3) is 0. The molecule has 0 spiro atoms. The molecule has 4 aromatic heterocycles. The van der Waals surface area contributed by atoms with E-state index in [2.05, 4.69) is 126 Å². The maximum atomic E-state index is 6.65. The molecule has 0 atom stereocenters. The normalized spacial score (nSPS) is 12.7. The summed E-state index contributed by atoms with van der Waals surface area (Å²) in [7, 11) is 0. The highest BCUT2D eigenvalue weighted by Crippen LogP contribution is 2.51. The number of aromatic nitrogens is 3. The second-order valence-corrected chi connectivity index (χ2v) is 13.7. The molecule has 0 saturated heterocycles. The lowest BCUT2D eigenvalue weighted by atomic mass is 9.95. The zero-order chi connectivity index (χ0) is 32.9. The lowest BCUT2D eigenvalue weighted by Crippen LogP contribution is -2.03. The van der Waals surface area contributed by atoms with Gasteiger partial charge in [0.05, 0.1) is 11.0 Å². The first-order chi connectivity index (χ1) is 25.3. The zero-order valence-electron chi connectivity index (χ0n) is 26.9. The van der Waals surface area contributed by atoms with Crippen molar-refractivity contribution in [1.29, 1.82) is 0 Å². The van der Waals surface area contributed by atoms with Gasteiger partial charge in [0.2, 0.25) is 5.95 Å². The van der Waals surface area contributed by atoms with Crippen molar-refractivity contribution in [3.8, 4) is 28.3 Å². The van der Waals surface area contributed by atoms with Crippen molar-refractivity contribution in [3.63, 3.8) is 0 Å². The van der Waals surface area contributed by atoms with Crippen molar-refractivity contribution in [2.45, 2.75) is 0 Å². The van der Waals surface area contributed by atoms with Crippen molar-refractivity contribution in [1.82, 2.24) is 14.5 Å². The van der Waals surface area contributed by atoms with Gasteiger partial charge in [-0.3, -0.25) is 4.57 Å². The summed E-state index contributed by atoms with van der Waals surface area (Å²) in [5.41, 5.74) is 10.3. The summed E-state index contributed by atoms with van der Waals surface area (Å²) in [5.74, 6) is 0.601. The lowest BCUT2D eigenvalue weighted by molar-refractivity contribution is 0.666. The number of fused-ring (bicyclic) bond motifs is 7. The van der Waals surface area contributed by atoms with E-state index in [0.29, 0.717) is 11.5 Å². The van der Waals surface area contributed by atoms with Gasteiger partial charge in [-0.25, -0.2) is 9.97 Å². The average molecular weight is 650 g/mol. The summed E-state index contributed by atoms with van der Waals surface area (Å²) in [5, 5.41) is 12.7. The fourth-order valence-corrected chi connectivity index (χ4v) is 9.05. The Bertz CT molecular complexity index is 3550. The van der Waals surface area contributed by atoms with Crippen LogP contribution in [0.15, 0.2) is 148 Å². The monoisotopic (exact) mass is 649 g/mol. The minimum Gasteiger partial charge on any atom is -0.456 e. The third-order valence-electron chi connectivity index (χ3n) is 11.1. The highest BCUT2D eigenvalue weighted by molar-refractivity contribution is 6.37. The molecular weight excluding hydrogens is 627 g/mol. The van der Waals surface area contributed by atoms with Crippen LogP contribution in [0, 0.1) is 0 Å². The third-order valence-corrected chi connectivity index (χ3v) is 11.1. The van der Waals surface area contributed by atoms with Crippen LogP contribution in [0.25, 0.3) is 126 Å². The summed E-state index contributed by atoms with van der Waals surface area (Å²) >= 11 is 0. The number of furan rings is 2. The summed E-state index contributed by atoms with van der Waals surface area (Å²) < 4.78 is 15.4. The van der Waals surface area contributed by atoms with Crippen LogP contribution in [-0.4, -0.2) is 14.5 Å². The molecule has 0 radical (unpaired) electrons. The molecule has 0 fully saturated rings. The average Bonchev–Trinajstić information content (AvgIpc) is 3.83. The van der Waals surface area contributed by atoms with E-state index in [-0.39, 0.29) is 0 Å².